The number of piperidine rings is 1. The first-order valence-electron chi connectivity index (χ1n) is 11.4. The Bertz CT molecular complexity index is 614. The van der Waals surface area contributed by atoms with Gasteiger partial charge in [0.15, 0.2) is 0 Å². The molecule has 7 heteroatoms. The maximum atomic E-state index is 12.7. The summed E-state index contributed by atoms with van der Waals surface area (Å²) in [5.41, 5.74) is -0.873. The Kier molecular flexibility index (Phi) is 7.83. The fourth-order valence-corrected chi connectivity index (χ4v) is 4.83. The summed E-state index contributed by atoms with van der Waals surface area (Å²) in [5.74, 6) is 1.14. The molecule has 5 unspecified atom stereocenters. The zero-order chi connectivity index (χ0) is 22.9. The molecule has 2 rings (SSSR count). The maximum Gasteiger partial charge on any atom is 0.407 e. The van der Waals surface area contributed by atoms with Gasteiger partial charge in [0.1, 0.15) is 5.60 Å². The molecule has 1 aliphatic heterocycles. The lowest BCUT2D eigenvalue weighted by molar-refractivity contribution is -0.210. The van der Waals surface area contributed by atoms with Crippen molar-refractivity contribution in [1.82, 2.24) is 15.7 Å². The van der Waals surface area contributed by atoms with Crippen LogP contribution in [0.5, 0.6) is 0 Å². The van der Waals surface area contributed by atoms with Gasteiger partial charge in [0, 0.05) is 30.1 Å². The maximum absolute atomic E-state index is 12.7. The van der Waals surface area contributed by atoms with Crippen molar-refractivity contribution in [2.24, 2.45) is 17.8 Å². The zero-order valence-corrected chi connectivity index (χ0v) is 20.1. The molecule has 0 radical (unpaired) electrons. The van der Waals surface area contributed by atoms with Crippen molar-refractivity contribution in [2.45, 2.75) is 117 Å². The predicted octanol–water partition coefficient (Wildman–Crippen LogP) is 4.09. The van der Waals surface area contributed by atoms with Crippen LogP contribution in [0.3, 0.4) is 0 Å². The SMILES string of the molecule is CC(C)CC(NC(=O)OC(C)(C)C)C1CC1CC(=O)NC1CC(C)N(O)C(C)(C)C1. The van der Waals surface area contributed by atoms with Gasteiger partial charge in [0.25, 0.3) is 0 Å². The molecule has 0 spiro atoms. The fraction of sp³-hybridized carbons (Fsp3) is 0.913. The van der Waals surface area contributed by atoms with E-state index in [1.54, 1.807) is 0 Å². The number of nitrogens with one attached hydrogen (secondary N) is 2. The Hall–Kier alpha value is -1.34. The van der Waals surface area contributed by atoms with Gasteiger partial charge in [-0.25, -0.2) is 4.79 Å². The third kappa shape index (κ3) is 7.41. The monoisotopic (exact) mass is 425 g/mol. The van der Waals surface area contributed by atoms with Gasteiger partial charge in [0.2, 0.25) is 5.91 Å². The number of carbonyl (C=O) groups excluding carboxylic acids is 2. The summed E-state index contributed by atoms with van der Waals surface area (Å²) < 4.78 is 5.43. The van der Waals surface area contributed by atoms with Gasteiger partial charge >= 0.3 is 6.09 Å². The number of carbonyl (C=O) groups is 2. The van der Waals surface area contributed by atoms with Crippen LogP contribution in [0.15, 0.2) is 0 Å². The smallest absolute Gasteiger partial charge is 0.407 e. The van der Waals surface area contributed by atoms with Crippen LogP contribution in [-0.2, 0) is 9.53 Å². The Morgan fingerprint density at radius 3 is 2.40 bits per heavy atom. The number of hydrogen-bond acceptors (Lipinski definition) is 5. The lowest BCUT2D eigenvalue weighted by Gasteiger charge is -2.45. The Morgan fingerprint density at radius 1 is 1.23 bits per heavy atom. The summed E-state index contributed by atoms with van der Waals surface area (Å²) in [4.78, 5) is 24.9. The van der Waals surface area contributed by atoms with Crippen molar-refractivity contribution in [2.75, 3.05) is 0 Å². The molecule has 0 aromatic carbocycles. The van der Waals surface area contributed by atoms with Gasteiger partial charge < -0.3 is 20.6 Å². The molecule has 5 atom stereocenters. The zero-order valence-electron chi connectivity index (χ0n) is 20.1. The highest BCUT2D eigenvalue weighted by molar-refractivity contribution is 5.77. The van der Waals surface area contributed by atoms with E-state index in [1.807, 2.05) is 41.5 Å². The summed E-state index contributed by atoms with van der Waals surface area (Å²) in [6.07, 6.45) is 3.42. The van der Waals surface area contributed by atoms with Crippen molar-refractivity contribution < 1.29 is 19.5 Å². The lowest BCUT2D eigenvalue weighted by atomic mass is 9.85. The van der Waals surface area contributed by atoms with Gasteiger partial charge in [-0.3, -0.25) is 4.79 Å². The van der Waals surface area contributed by atoms with Crippen LogP contribution in [0.25, 0.3) is 0 Å². The second kappa shape index (κ2) is 9.43. The third-order valence-electron chi connectivity index (χ3n) is 6.14. The fourth-order valence-electron chi connectivity index (χ4n) is 4.83. The first-order chi connectivity index (χ1) is 13.7. The molecule has 2 fully saturated rings. The van der Waals surface area contributed by atoms with E-state index in [0.29, 0.717) is 24.2 Å². The minimum atomic E-state index is -0.523. The molecule has 1 aliphatic carbocycles. The highest BCUT2D eigenvalue weighted by atomic mass is 16.6. The Morgan fingerprint density at radius 2 is 1.87 bits per heavy atom. The molecule has 1 saturated carbocycles. The molecule has 174 valence electrons. The standard InChI is InChI=1S/C23H43N3O4/c1-14(2)9-19(25-21(28)30-22(4,5)6)18-11-16(18)12-20(27)24-17-10-15(3)26(29)23(7,8)13-17/h14-19,29H,9-13H2,1-8H3,(H,24,27)(H,25,28). The highest BCUT2D eigenvalue weighted by Crippen LogP contribution is 2.45. The van der Waals surface area contributed by atoms with Crippen molar-refractivity contribution in [3.63, 3.8) is 0 Å². The van der Waals surface area contributed by atoms with Crippen molar-refractivity contribution in [3.8, 4) is 0 Å². The number of hydroxylamine groups is 2. The van der Waals surface area contributed by atoms with Gasteiger partial charge in [-0.1, -0.05) is 13.8 Å². The number of rotatable bonds is 7. The minimum absolute atomic E-state index is 0.0150. The van der Waals surface area contributed by atoms with E-state index in [9.17, 15) is 14.8 Å². The summed E-state index contributed by atoms with van der Waals surface area (Å²) >= 11 is 0. The topological polar surface area (TPSA) is 90.9 Å². The number of hydrogen-bond donors (Lipinski definition) is 3. The first kappa shape index (κ1) is 24.9. The number of nitrogens with zero attached hydrogens (tertiary/aromatic N) is 1. The van der Waals surface area contributed by atoms with E-state index >= 15 is 0 Å². The van der Waals surface area contributed by atoms with Gasteiger partial charge in [0.05, 0.1) is 0 Å². The van der Waals surface area contributed by atoms with E-state index in [2.05, 4.69) is 24.5 Å². The molecular weight excluding hydrogens is 382 g/mol. The Balaban J connectivity index is 1.86. The van der Waals surface area contributed by atoms with Crippen LogP contribution in [-0.4, -0.2) is 51.5 Å². The number of amides is 2. The number of alkyl carbamates (subject to hydrolysis) is 1. The van der Waals surface area contributed by atoms with Crippen molar-refractivity contribution >= 4 is 12.0 Å². The van der Waals surface area contributed by atoms with Crippen LogP contribution < -0.4 is 10.6 Å². The van der Waals surface area contributed by atoms with Gasteiger partial charge in [-0.05, 0) is 85.0 Å². The average molecular weight is 426 g/mol. The van der Waals surface area contributed by atoms with E-state index < -0.39 is 5.60 Å². The lowest BCUT2D eigenvalue weighted by Crippen LogP contribution is -2.57. The van der Waals surface area contributed by atoms with Crippen LogP contribution >= 0.6 is 0 Å². The Labute approximate surface area is 182 Å². The van der Waals surface area contributed by atoms with Crippen LogP contribution in [0.1, 0.15) is 87.5 Å². The molecule has 2 amide bonds. The normalized spacial score (nSPS) is 29.9. The second-order valence-corrected chi connectivity index (χ2v) is 11.5. The molecule has 0 aromatic rings. The van der Waals surface area contributed by atoms with E-state index in [4.69, 9.17) is 4.74 Å². The molecular formula is C23H43N3O4. The van der Waals surface area contributed by atoms with Crippen LogP contribution in [0, 0.1) is 17.8 Å². The molecule has 1 saturated heterocycles. The molecule has 0 aromatic heterocycles. The summed E-state index contributed by atoms with van der Waals surface area (Å²) in [6.45, 7) is 15.8. The third-order valence-corrected chi connectivity index (χ3v) is 6.14. The molecule has 2 aliphatic rings. The quantitative estimate of drug-likeness (QED) is 0.571. The van der Waals surface area contributed by atoms with Crippen LogP contribution in [0.2, 0.25) is 0 Å². The molecule has 1 heterocycles. The minimum Gasteiger partial charge on any atom is -0.444 e. The van der Waals surface area contributed by atoms with Crippen LogP contribution in [0.4, 0.5) is 4.79 Å². The van der Waals surface area contributed by atoms with E-state index in [0.717, 1.165) is 25.7 Å². The summed E-state index contributed by atoms with van der Waals surface area (Å²) in [6, 6.07) is 0.129. The molecule has 0 bridgehead atoms. The molecule has 7 nitrogen and oxygen atoms in total. The molecule has 3 N–H and O–H groups in total. The van der Waals surface area contributed by atoms with Crippen molar-refractivity contribution in [1.29, 1.82) is 0 Å². The van der Waals surface area contributed by atoms with Gasteiger partial charge in [-0.15, -0.1) is 0 Å². The van der Waals surface area contributed by atoms with E-state index in [1.165, 1.54) is 5.06 Å². The first-order valence-corrected chi connectivity index (χ1v) is 11.4. The largest absolute Gasteiger partial charge is 0.444 e. The summed E-state index contributed by atoms with van der Waals surface area (Å²) in [7, 11) is 0. The molecule has 30 heavy (non-hydrogen) atoms. The van der Waals surface area contributed by atoms with Crippen molar-refractivity contribution in [3.05, 3.63) is 0 Å². The predicted molar refractivity (Wildman–Crippen MR) is 117 cm³/mol. The number of ether oxygens (including phenoxy) is 1. The average Bonchev–Trinajstić information content (AvgIpc) is 3.28. The van der Waals surface area contributed by atoms with Gasteiger partial charge in [-0.2, -0.15) is 5.06 Å². The second-order valence-electron chi connectivity index (χ2n) is 11.5. The van der Waals surface area contributed by atoms with E-state index in [-0.39, 0.29) is 35.7 Å². The summed E-state index contributed by atoms with van der Waals surface area (Å²) in [5, 5.41) is 17.8. The highest BCUT2D eigenvalue weighted by Gasteiger charge is 2.45.